The van der Waals surface area contributed by atoms with E-state index in [0.29, 0.717) is 0 Å². The standard InChI is InChI=1S/3C21H21N.Ir/c3*1-21(2,3)19-12-13-22-20(15-19)18-11-7-10-17(14-18)16-8-5-4-6-9-16;/h3*4-15H,1-3H3;/q;;;+3/p+3. The maximum atomic E-state index is 3.38. The van der Waals surface area contributed by atoms with Crippen LogP contribution in [0.3, 0.4) is 0 Å². The van der Waals surface area contributed by atoms with Gasteiger partial charge in [0, 0.05) is 53.1 Å². The fraction of sp³-hybridized carbons (Fsp3) is 0.190. The minimum atomic E-state index is 0. The normalized spacial score (nSPS) is 11.2. The summed E-state index contributed by atoms with van der Waals surface area (Å²) in [6, 6.07) is 70.8. The van der Waals surface area contributed by atoms with Crippen molar-refractivity contribution >= 4 is 0 Å². The Morgan fingerprint density at radius 3 is 0.701 bits per heavy atom. The van der Waals surface area contributed by atoms with E-state index in [-0.39, 0.29) is 36.4 Å². The maximum Gasteiger partial charge on any atom is 3.00 e. The zero-order chi connectivity index (χ0) is 46.7. The van der Waals surface area contributed by atoms with Crippen molar-refractivity contribution in [2.45, 2.75) is 78.6 Å². The predicted octanol–water partition coefficient (Wildman–Crippen LogP) is 15.4. The molecule has 9 rings (SSSR count). The number of hydrogen-bond acceptors (Lipinski definition) is 0. The van der Waals surface area contributed by atoms with Crippen LogP contribution in [0.15, 0.2) is 219 Å². The van der Waals surface area contributed by atoms with Crippen LogP contribution in [0.5, 0.6) is 0 Å². The van der Waals surface area contributed by atoms with Crippen molar-refractivity contribution in [1.82, 2.24) is 0 Å². The molecule has 0 aliphatic rings. The number of pyridine rings is 3. The van der Waals surface area contributed by atoms with Crippen molar-refractivity contribution in [3.8, 4) is 67.2 Å². The second-order valence-electron chi connectivity index (χ2n) is 20.1. The fourth-order valence-corrected chi connectivity index (χ4v) is 7.79. The third-order valence-electron chi connectivity index (χ3n) is 11.8. The average Bonchev–Trinajstić information content (AvgIpc) is 3.35. The number of rotatable bonds is 6. The van der Waals surface area contributed by atoms with Gasteiger partial charge in [0.15, 0.2) is 18.6 Å². The van der Waals surface area contributed by atoms with Crippen LogP contribution in [-0.4, -0.2) is 0 Å². The third-order valence-corrected chi connectivity index (χ3v) is 11.8. The molecule has 0 amide bonds. The van der Waals surface area contributed by atoms with Gasteiger partial charge in [-0.15, -0.1) is 0 Å². The zero-order valence-electron chi connectivity index (χ0n) is 40.6. The summed E-state index contributed by atoms with van der Waals surface area (Å²) in [5, 5.41) is 0. The topological polar surface area (TPSA) is 42.4 Å². The molecule has 0 radical (unpaired) electrons. The van der Waals surface area contributed by atoms with Gasteiger partial charge in [0.1, 0.15) is 0 Å². The summed E-state index contributed by atoms with van der Waals surface area (Å²) in [4.78, 5) is 10.1. The molecule has 4 heteroatoms. The summed E-state index contributed by atoms with van der Waals surface area (Å²) in [5.41, 5.74) is 19.1. The van der Waals surface area contributed by atoms with Crippen molar-refractivity contribution in [2.24, 2.45) is 0 Å². The number of H-pyrrole nitrogens is 3. The van der Waals surface area contributed by atoms with E-state index in [1.54, 1.807) is 0 Å². The molecule has 3 N–H and O–H groups in total. The van der Waals surface area contributed by atoms with Crippen molar-refractivity contribution in [3.05, 3.63) is 235 Å². The fourth-order valence-electron chi connectivity index (χ4n) is 7.79. The summed E-state index contributed by atoms with van der Waals surface area (Å²) in [6.07, 6.45) is 6.10. The molecule has 0 aliphatic heterocycles. The van der Waals surface area contributed by atoms with Gasteiger partial charge in [-0.1, -0.05) is 190 Å². The van der Waals surface area contributed by atoms with Gasteiger partial charge in [0.25, 0.3) is 0 Å². The van der Waals surface area contributed by atoms with Gasteiger partial charge in [0.2, 0.25) is 17.1 Å². The third kappa shape index (κ3) is 13.7. The molecule has 0 unspecified atom stereocenters. The summed E-state index contributed by atoms with van der Waals surface area (Å²) >= 11 is 0. The van der Waals surface area contributed by atoms with Gasteiger partial charge in [-0.3, -0.25) is 0 Å². The van der Waals surface area contributed by atoms with Crippen LogP contribution in [0.4, 0.5) is 0 Å². The molecule has 0 aliphatic carbocycles. The van der Waals surface area contributed by atoms with E-state index in [9.17, 15) is 0 Å². The van der Waals surface area contributed by atoms with Gasteiger partial charge in [-0.25, -0.2) is 15.0 Å². The van der Waals surface area contributed by atoms with Crippen LogP contribution in [0.2, 0.25) is 0 Å². The molecule has 9 aromatic rings. The monoisotopic (exact) mass is 1060 g/mol. The Kier molecular flexibility index (Phi) is 16.6. The van der Waals surface area contributed by atoms with Crippen LogP contribution in [0.25, 0.3) is 67.2 Å². The van der Waals surface area contributed by atoms with Crippen LogP contribution in [0.1, 0.15) is 79.0 Å². The molecule has 67 heavy (non-hydrogen) atoms. The van der Waals surface area contributed by atoms with E-state index in [2.05, 4.69) is 259 Å². The summed E-state index contributed by atoms with van der Waals surface area (Å²) in [5.74, 6) is 0. The van der Waals surface area contributed by atoms with Crippen molar-refractivity contribution in [3.63, 3.8) is 0 Å². The second-order valence-corrected chi connectivity index (χ2v) is 20.1. The van der Waals surface area contributed by atoms with E-state index in [1.165, 1.54) is 66.8 Å². The summed E-state index contributed by atoms with van der Waals surface area (Å²) in [6.45, 7) is 20.2. The number of benzene rings is 6. The molecule has 3 heterocycles. The first-order valence-electron chi connectivity index (χ1n) is 23.2. The number of hydrogen-bond donors (Lipinski definition) is 0. The molecule has 0 fully saturated rings. The van der Waals surface area contributed by atoms with Gasteiger partial charge in [-0.05, 0) is 103 Å². The molecule has 336 valence electrons. The van der Waals surface area contributed by atoms with Crippen LogP contribution in [-0.2, 0) is 36.4 Å². The van der Waals surface area contributed by atoms with Crippen molar-refractivity contribution in [1.29, 1.82) is 0 Å². The first-order valence-corrected chi connectivity index (χ1v) is 23.2. The molecule has 0 saturated heterocycles. The van der Waals surface area contributed by atoms with Crippen LogP contribution >= 0.6 is 0 Å². The smallest absolute Gasteiger partial charge is 0.211 e. The van der Waals surface area contributed by atoms with Gasteiger partial charge in [-0.2, -0.15) is 0 Å². The van der Waals surface area contributed by atoms with E-state index in [4.69, 9.17) is 0 Å². The van der Waals surface area contributed by atoms with E-state index in [0.717, 1.165) is 17.1 Å². The molecular formula is C63H66IrN3+6. The Balaban J connectivity index is 0.000000165. The molecule has 6 aromatic carbocycles. The molecule has 0 atom stereocenters. The Labute approximate surface area is 413 Å². The van der Waals surface area contributed by atoms with Crippen molar-refractivity contribution in [2.75, 3.05) is 0 Å². The molecule has 3 nitrogen and oxygen atoms in total. The van der Waals surface area contributed by atoms with Gasteiger partial charge >= 0.3 is 20.1 Å². The largest absolute Gasteiger partial charge is 3.00 e. The first kappa shape index (κ1) is 49.8. The zero-order valence-corrected chi connectivity index (χ0v) is 43.0. The quantitative estimate of drug-likeness (QED) is 0.159. The van der Waals surface area contributed by atoms with Crippen LogP contribution in [0, 0.1) is 0 Å². The molecule has 0 saturated carbocycles. The Hall–Kier alpha value is -6.58. The number of nitrogens with one attached hydrogen (secondary N) is 3. The summed E-state index contributed by atoms with van der Waals surface area (Å²) < 4.78 is 0. The Morgan fingerprint density at radius 2 is 0.463 bits per heavy atom. The van der Waals surface area contributed by atoms with Crippen LogP contribution < -0.4 is 15.0 Å². The predicted molar refractivity (Wildman–Crippen MR) is 278 cm³/mol. The Bertz CT molecular complexity index is 2630. The molecular weight excluding hydrogens is 991 g/mol. The minimum absolute atomic E-state index is 0. The number of aromatic nitrogens is 3. The van der Waals surface area contributed by atoms with Gasteiger partial charge in [0.05, 0.1) is 0 Å². The van der Waals surface area contributed by atoms with E-state index in [1.807, 2.05) is 36.8 Å². The second kappa shape index (κ2) is 22.3. The van der Waals surface area contributed by atoms with E-state index < -0.39 is 0 Å². The molecule has 0 spiro atoms. The molecule has 0 bridgehead atoms. The molecule has 3 aromatic heterocycles. The maximum absolute atomic E-state index is 3.38. The van der Waals surface area contributed by atoms with Crippen molar-refractivity contribution < 1.29 is 35.1 Å². The Morgan fingerprint density at radius 1 is 0.239 bits per heavy atom. The number of aromatic amines is 3. The SMILES string of the molecule is CC(C)(C)c1cc[nH+]c(-c2cccc(-c3ccccc3)c2)c1.CC(C)(C)c1cc[nH+]c(-c2cccc(-c3ccccc3)c2)c1.CC(C)(C)c1cc[nH+]c(-c2cccc(-c3ccccc3)c2)c1.[Ir+3]. The van der Waals surface area contributed by atoms with Gasteiger partial charge < -0.3 is 0 Å². The minimum Gasteiger partial charge on any atom is -0.211 e. The average molecular weight is 1060 g/mol. The van der Waals surface area contributed by atoms with E-state index >= 15 is 0 Å². The first-order chi connectivity index (χ1) is 31.6. The summed E-state index contributed by atoms with van der Waals surface area (Å²) in [7, 11) is 0.